The Hall–Kier alpha value is -2.75. The summed E-state index contributed by atoms with van der Waals surface area (Å²) in [5, 5.41) is 13.7. The summed E-state index contributed by atoms with van der Waals surface area (Å²) in [6, 6.07) is 5.56. The predicted octanol–water partition coefficient (Wildman–Crippen LogP) is 3.46. The molecule has 4 aliphatic carbocycles. The molecule has 1 unspecified atom stereocenters. The number of aromatic nitrogens is 3. The van der Waals surface area contributed by atoms with E-state index in [1.54, 1.807) is 6.92 Å². The number of hydrogen-bond donors (Lipinski definition) is 3. The second-order valence-corrected chi connectivity index (χ2v) is 12.1. The van der Waals surface area contributed by atoms with Gasteiger partial charge in [0.1, 0.15) is 12.4 Å². The first kappa shape index (κ1) is 24.0. The smallest absolute Gasteiger partial charge is 0.321 e. The van der Waals surface area contributed by atoms with Crippen LogP contribution in [0.4, 0.5) is 4.79 Å². The monoisotopic (exact) mass is 498 g/mol. The molecule has 1 atom stereocenters. The summed E-state index contributed by atoms with van der Waals surface area (Å²) in [4.78, 5) is 25.4. The third-order valence-electron chi connectivity index (χ3n) is 7.60. The SMILES string of the molecule is Cc1cc(C)cc(OCc2nnc(SC(C)C(=O)NC(=O)NC34CC5CC(CC(C5)C3)C4)n2N)c1. The average Bonchev–Trinajstić information content (AvgIpc) is 3.09. The molecule has 35 heavy (non-hydrogen) atoms. The number of amides is 3. The molecule has 10 heteroatoms. The molecule has 4 saturated carbocycles. The van der Waals surface area contributed by atoms with Crippen molar-refractivity contribution in [1.82, 2.24) is 25.5 Å². The van der Waals surface area contributed by atoms with E-state index < -0.39 is 11.3 Å². The highest BCUT2D eigenvalue weighted by Crippen LogP contribution is 2.55. The van der Waals surface area contributed by atoms with E-state index in [9.17, 15) is 9.59 Å². The summed E-state index contributed by atoms with van der Waals surface area (Å²) in [6.07, 6.45) is 7.00. The lowest BCUT2D eigenvalue weighted by Crippen LogP contribution is -2.62. The van der Waals surface area contributed by atoms with Gasteiger partial charge in [-0.1, -0.05) is 17.8 Å². The van der Waals surface area contributed by atoms with E-state index in [0.29, 0.717) is 11.0 Å². The van der Waals surface area contributed by atoms with Gasteiger partial charge in [-0.05, 0) is 100 Å². The zero-order valence-electron chi connectivity index (χ0n) is 20.5. The van der Waals surface area contributed by atoms with E-state index in [1.807, 2.05) is 26.0 Å². The quantitative estimate of drug-likeness (QED) is 0.394. The third kappa shape index (κ3) is 5.27. The minimum atomic E-state index is -0.572. The molecule has 6 rings (SSSR count). The highest BCUT2D eigenvalue weighted by molar-refractivity contribution is 8.00. The number of urea groups is 1. The number of hydrogen-bond acceptors (Lipinski definition) is 7. The molecule has 0 saturated heterocycles. The Labute approximate surface area is 209 Å². The van der Waals surface area contributed by atoms with Gasteiger partial charge in [-0.25, -0.2) is 9.47 Å². The fourth-order valence-electron chi connectivity index (χ4n) is 6.61. The van der Waals surface area contributed by atoms with Gasteiger partial charge in [0.25, 0.3) is 0 Å². The van der Waals surface area contributed by atoms with Crippen molar-refractivity contribution in [3.05, 3.63) is 35.2 Å². The van der Waals surface area contributed by atoms with Crippen molar-refractivity contribution in [3.8, 4) is 5.75 Å². The molecular weight excluding hydrogens is 464 g/mol. The standard InChI is InChI=1S/C25H34N6O3S/c1-14-4-15(2)6-20(5-14)34-13-21-29-30-24(31(21)26)35-16(3)22(32)27-23(33)28-25-10-17-7-18(11-25)9-19(8-17)12-25/h4-6,16-19H,7-13,26H2,1-3H3,(H2,27,28,32,33). The van der Waals surface area contributed by atoms with E-state index in [1.165, 1.54) is 23.9 Å². The Morgan fingerprint density at radius 1 is 1.11 bits per heavy atom. The molecule has 3 amide bonds. The second kappa shape index (κ2) is 9.37. The molecule has 188 valence electrons. The van der Waals surface area contributed by atoms with Gasteiger partial charge in [0.05, 0.1) is 5.25 Å². The van der Waals surface area contributed by atoms with Crippen LogP contribution >= 0.6 is 11.8 Å². The number of benzene rings is 1. The van der Waals surface area contributed by atoms with Crippen LogP contribution in [0.3, 0.4) is 0 Å². The number of nitrogen functional groups attached to an aromatic ring is 1. The van der Waals surface area contributed by atoms with Gasteiger partial charge in [-0.15, -0.1) is 10.2 Å². The van der Waals surface area contributed by atoms with Crippen LogP contribution in [0.25, 0.3) is 0 Å². The third-order valence-corrected chi connectivity index (χ3v) is 8.66. The average molecular weight is 499 g/mol. The van der Waals surface area contributed by atoms with E-state index >= 15 is 0 Å². The van der Waals surface area contributed by atoms with Crippen LogP contribution in [0.2, 0.25) is 0 Å². The van der Waals surface area contributed by atoms with Gasteiger partial charge in [-0.3, -0.25) is 10.1 Å². The number of thioether (sulfide) groups is 1. The summed E-state index contributed by atoms with van der Waals surface area (Å²) in [5.74, 6) is 9.10. The van der Waals surface area contributed by atoms with Crippen LogP contribution in [0.1, 0.15) is 62.4 Å². The lowest BCUT2D eigenvalue weighted by Gasteiger charge is -2.56. The van der Waals surface area contributed by atoms with E-state index in [0.717, 1.165) is 65.7 Å². The minimum absolute atomic E-state index is 0.141. The van der Waals surface area contributed by atoms with Crippen molar-refractivity contribution in [1.29, 1.82) is 0 Å². The number of rotatable bonds is 7. The molecular formula is C25H34N6O3S. The fourth-order valence-corrected chi connectivity index (χ4v) is 7.40. The molecule has 1 aromatic heterocycles. The van der Waals surface area contributed by atoms with Gasteiger partial charge in [0.15, 0.2) is 5.82 Å². The first-order valence-electron chi connectivity index (χ1n) is 12.4. The Bertz CT molecular complexity index is 1080. The molecule has 0 aliphatic heterocycles. The fraction of sp³-hybridized carbons (Fsp3) is 0.600. The molecule has 0 radical (unpaired) electrons. The number of imide groups is 1. The first-order valence-corrected chi connectivity index (χ1v) is 13.3. The zero-order chi connectivity index (χ0) is 24.7. The number of carbonyl (C=O) groups excluding carboxylic acids is 2. The Morgan fingerprint density at radius 2 is 1.71 bits per heavy atom. The number of nitrogens with two attached hydrogens (primary N) is 1. The van der Waals surface area contributed by atoms with Crippen molar-refractivity contribution in [2.75, 3.05) is 5.84 Å². The minimum Gasteiger partial charge on any atom is -0.486 e. The van der Waals surface area contributed by atoms with Crippen LogP contribution in [0.5, 0.6) is 5.75 Å². The number of ether oxygens (including phenoxy) is 1. The van der Waals surface area contributed by atoms with E-state index in [4.69, 9.17) is 10.6 Å². The van der Waals surface area contributed by atoms with Gasteiger partial charge < -0.3 is 15.9 Å². The Kier molecular flexibility index (Phi) is 6.41. The predicted molar refractivity (Wildman–Crippen MR) is 133 cm³/mol. The molecule has 9 nitrogen and oxygen atoms in total. The van der Waals surface area contributed by atoms with Gasteiger partial charge in [0, 0.05) is 5.54 Å². The summed E-state index contributed by atoms with van der Waals surface area (Å²) in [6.45, 7) is 5.89. The molecule has 1 aromatic carbocycles. The summed E-state index contributed by atoms with van der Waals surface area (Å²) in [7, 11) is 0. The molecule has 1 heterocycles. The molecule has 4 N–H and O–H groups in total. The summed E-state index contributed by atoms with van der Waals surface area (Å²) >= 11 is 1.15. The van der Waals surface area contributed by atoms with Crippen molar-refractivity contribution in [2.45, 2.75) is 81.8 Å². The zero-order valence-corrected chi connectivity index (χ0v) is 21.4. The Balaban J connectivity index is 1.13. The molecule has 0 spiro atoms. The lowest BCUT2D eigenvalue weighted by molar-refractivity contribution is -0.119. The van der Waals surface area contributed by atoms with E-state index in [-0.39, 0.29) is 18.1 Å². The molecule has 4 fully saturated rings. The van der Waals surface area contributed by atoms with Crippen molar-refractivity contribution >= 4 is 23.7 Å². The van der Waals surface area contributed by atoms with Gasteiger partial charge in [0.2, 0.25) is 11.1 Å². The maximum Gasteiger partial charge on any atom is 0.321 e. The molecule has 2 aromatic rings. The maximum atomic E-state index is 12.7. The maximum absolute atomic E-state index is 12.7. The van der Waals surface area contributed by atoms with E-state index in [2.05, 4.69) is 26.9 Å². The first-order chi connectivity index (χ1) is 16.7. The van der Waals surface area contributed by atoms with Gasteiger partial charge in [-0.2, -0.15) is 0 Å². The number of nitrogens with one attached hydrogen (secondary N) is 2. The Morgan fingerprint density at radius 3 is 2.31 bits per heavy atom. The highest BCUT2D eigenvalue weighted by atomic mass is 32.2. The van der Waals surface area contributed by atoms with Crippen LogP contribution in [-0.2, 0) is 11.4 Å². The number of aryl methyl sites for hydroxylation is 2. The van der Waals surface area contributed by atoms with Crippen molar-refractivity contribution < 1.29 is 14.3 Å². The molecule has 4 bridgehead atoms. The number of carbonyl (C=O) groups is 2. The lowest BCUT2D eigenvalue weighted by atomic mass is 9.53. The van der Waals surface area contributed by atoms with Crippen LogP contribution in [-0.4, -0.2) is 37.6 Å². The summed E-state index contributed by atoms with van der Waals surface area (Å²) in [5.41, 5.74) is 2.08. The van der Waals surface area contributed by atoms with Crippen molar-refractivity contribution in [3.63, 3.8) is 0 Å². The topological polar surface area (TPSA) is 124 Å². The summed E-state index contributed by atoms with van der Waals surface area (Å²) < 4.78 is 7.15. The normalized spacial score (nSPS) is 27.5. The molecule has 4 aliphatic rings. The highest BCUT2D eigenvalue weighted by Gasteiger charge is 2.51. The second-order valence-electron chi connectivity index (χ2n) is 10.8. The van der Waals surface area contributed by atoms with Crippen LogP contribution in [0.15, 0.2) is 23.4 Å². The van der Waals surface area contributed by atoms with Crippen molar-refractivity contribution in [2.24, 2.45) is 17.8 Å². The number of nitrogens with zero attached hydrogens (tertiary/aromatic N) is 3. The largest absolute Gasteiger partial charge is 0.486 e. The van der Waals surface area contributed by atoms with Crippen LogP contribution in [0, 0.1) is 31.6 Å². The van der Waals surface area contributed by atoms with Gasteiger partial charge >= 0.3 is 6.03 Å². The van der Waals surface area contributed by atoms with Crippen LogP contribution < -0.4 is 21.2 Å².